The molecular formula is C20H28N4O2. The monoisotopic (exact) mass is 356 g/mol. The predicted molar refractivity (Wildman–Crippen MR) is 104 cm³/mol. The van der Waals surface area contributed by atoms with E-state index in [-0.39, 0.29) is 0 Å². The zero-order chi connectivity index (χ0) is 18.7. The average Bonchev–Trinajstić information content (AvgIpc) is 2.65. The Balaban J connectivity index is 1.90. The van der Waals surface area contributed by atoms with Crippen LogP contribution in [0, 0.1) is 0 Å². The SMILES string of the molecule is CCc1cc(N2CCc3cc(OC)c(OC)cc3C2)nc(NC(C)C)n1. The molecule has 0 aliphatic carbocycles. The van der Waals surface area contributed by atoms with Crippen LogP contribution in [0.25, 0.3) is 0 Å². The van der Waals surface area contributed by atoms with Crippen molar-refractivity contribution >= 4 is 11.8 Å². The molecule has 0 saturated heterocycles. The summed E-state index contributed by atoms with van der Waals surface area (Å²) in [5.74, 6) is 3.23. The lowest BCUT2D eigenvalue weighted by Crippen LogP contribution is -2.31. The van der Waals surface area contributed by atoms with Gasteiger partial charge < -0.3 is 19.7 Å². The van der Waals surface area contributed by atoms with Gasteiger partial charge in [-0.2, -0.15) is 4.98 Å². The van der Waals surface area contributed by atoms with Gasteiger partial charge in [-0.3, -0.25) is 0 Å². The Morgan fingerprint density at radius 2 is 1.77 bits per heavy atom. The summed E-state index contributed by atoms with van der Waals surface area (Å²) in [6.45, 7) is 8.03. The molecule has 0 saturated carbocycles. The maximum absolute atomic E-state index is 5.46. The Hall–Kier alpha value is -2.50. The van der Waals surface area contributed by atoms with E-state index < -0.39 is 0 Å². The van der Waals surface area contributed by atoms with Crippen LogP contribution in [0.4, 0.5) is 11.8 Å². The molecule has 6 nitrogen and oxygen atoms in total. The second-order valence-electron chi connectivity index (χ2n) is 6.84. The first-order valence-electron chi connectivity index (χ1n) is 9.17. The number of benzene rings is 1. The number of hydrogen-bond acceptors (Lipinski definition) is 6. The average molecular weight is 356 g/mol. The van der Waals surface area contributed by atoms with Gasteiger partial charge in [-0.05, 0) is 49.9 Å². The fourth-order valence-electron chi connectivity index (χ4n) is 3.23. The largest absolute Gasteiger partial charge is 0.493 e. The van der Waals surface area contributed by atoms with Crippen molar-refractivity contribution in [3.05, 3.63) is 35.0 Å². The summed E-state index contributed by atoms with van der Waals surface area (Å²) in [4.78, 5) is 11.6. The molecule has 6 heteroatoms. The van der Waals surface area contributed by atoms with Crippen LogP contribution in [0.1, 0.15) is 37.6 Å². The minimum atomic E-state index is 0.300. The fourth-order valence-corrected chi connectivity index (χ4v) is 3.23. The molecule has 1 aromatic carbocycles. The summed E-state index contributed by atoms with van der Waals surface area (Å²) in [6, 6.07) is 6.57. The first-order chi connectivity index (χ1) is 12.5. The zero-order valence-corrected chi connectivity index (χ0v) is 16.3. The van der Waals surface area contributed by atoms with Crippen molar-refractivity contribution in [2.75, 3.05) is 31.0 Å². The van der Waals surface area contributed by atoms with Crippen molar-refractivity contribution in [2.24, 2.45) is 0 Å². The molecule has 1 aliphatic heterocycles. The number of methoxy groups -OCH3 is 2. The van der Waals surface area contributed by atoms with Gasteiger partial charge in [-0.15, -0.1) is 0 Å². The van der Waals surface area contributed by atoms with E-state index in [9.17, 15) is 0 Å². The van der Waals surface area contributed by atoms with Gasteiger partial charge in [0.05, 0.1) is 14.2 Å². The Morgan fingerprint density at radius 1 is 1.08 bits per heavy atom. The smallest absolute Gasteiger partial charge is 0.225 e. The Labute approximate surface area is 155 Å². The van der Waals surface area contributed by atoms with E-state index in [0.29, 0.717) is 12.0 Å². The first-order valence-corrected chi connectivity index (χ1v) is 9.17. The van der Waals surface area contributed by atoms with Crippen LogP contribution >= 0.6 is 0 Å². The van der Waals surface area contributed by atoms with Crippen molar-refractivity contribution in [3.8, 4) is 11.5 Å². The van der Waals surface area contributed by atoms with E-state index in [1.165, 1.54) is 11.1 Å². The molecule has 0 spiro atoms. The zero-order valence-electron chi connectivity index (χ0n) is 16.3. The number of rotatable bonds is 6. The van der Waals surface area contributed by atoms with Crippen LogP contribution in [-0.2, 0) is 19.4 Å². The summed E-state index contributed by atoms with van der Waals surface area (Å²) < 4.78 is 10.9. The maximum atomic E-state index is 5.46. The van der Waals surface area contributed by atoms with Gasteiger partial charge in [0.25, 0.3) is 0 Å². The van der Waals surface area contributed by atoms with Crippen LogP contribution < -0.4 is 19.7 Å². The van der Waals surface area contributed by atoms with Gasteiger partial charge in [0.2, 0.25) is 5.95 Å². The summed E-state index contributed by atoms with van der Waals surface area (Å²) >= 11 is 0. The van der Waals surface area contributed by atoms with E-state index in [0.717, 1.165) is 48.9 Å². The molecular weight excluding hydrogens is 328 g/mol. The Morgan fingerprint density at radius 3 is 2.38 bits per heavy atom. The van der Waals surface area contributed by atoms with E-state index in [2.05, 4.69) is 54.2 Å². The molecule has 0 amide bonds. The molecule has 26 heavy (non-hydrogen) atoms. The highest BCUT2D eigenvalue weighted by molar-refractivity contribution is 5.53. The lowest BCUT2D eigenvalue weighted by atomic mass is 9.98. The van der Waals surface area contributed by atoms with Crippen LogP contribution in [-0.4, -0.2) is 36.8 Å². The quantitative estimate of drug-likeness (QED) is 0.856. The minimum absolute atomic E-state index is 0.300. The summed E-state index contributed by atoms with van der Waals surface area (Å²) in [5, 5.41) is 3.33. The van der Waals surface area contributed by atoms with E-state index in [1.54, 1.807) is 14.2 Å². The minimum Gasteiger partial charge on any atom is -0.493 e. The number of aromatic nitrogens is 2. The van der Waals surface area contributed by atoms with Crippen molar-refractivity contribution < 1.29 is 9.47 Å². The number of hydrogen-bond donors (Lipinski definition) is 1. The molecule has 1 aromatic heterocycles. The fraction of sp³-hybridized carbons (Fsp3) is 0.500. The first kappa shape index (κ1) is 18.3. The summed E-state index contributed by atoms with van der Waals surface area (Å²) in [7, 11) is 3.35. The summed E-state index contributed by atoms with van der Waals surface area (Å²) in [6.07, 6.45) is 1.84. The van der Waals surface area contributed by atoms with Gasteiger partial charge in [0.1, 0.15) is 5.82 Å². The van der Waals surface area contributed by atoms with Crippen molar-refractivity contribution in [2.45, 2.75) is 46.2 Å². The third-order valence-electron chi connectivity index (χ3n) is 4.59. The standard InChI is InChI=1S/C20H28N4O2/c1-6-16-11-19(23-20(22-16)21-13(2)3)24-8-7-14-9-17(25-4)18(26-5)10-15(14)12-24/h9-11,13H,6-8,12H2,1-5H3,(H,21,22,23). The second kappa shape index (κ2) is 7.81. The highest BCUT2D eigenvalue weighted by Gasteiger charge is 2.21. The number of ether oxygens (including phenoxy) is 2. The number of nitrogens with zero attached hydrogens (tertiary/aromatic N) is 3. The molecule has 140 valence electrons. The lowest BCUT2D eigenvalue weighted by molar-refractivity contribution is 0.353. The van der Waals surface area contributed by atoms with Crippen LogP contribution in [0.15, 0.2) is 18.2 Å². The number of anilines is 2. The highest BCUT2D eigenvalue weighted by Crippen LogP contribution is 2.34. The third-order valence-corrected chi connectivity index (χ3v) is 4.59. The topological polar surface area (TPSA) is 59.5 Å². The van der Waals surface area contributed by atoms with Gasteiger partial charge in [0.15, 0.2) is 11.5 Å². The van der Waals surface area contributed by atoms with Gasteiger partial charge >= 0.3 is 0 Å². The van der Waals surface area contributed by atoms with Gasteiger partial charge in [-0.1, -0.05) is 6.92 Å². The van der Waals surface area contributed by atoms with Crippen molar-refractivity contribution in [1.82, 2.24) is 9.97 Å². The molecule has 0 radical (unpaired) electrons. The maximum Gasteiger partial charge on any atom is 0.225 e. The van der Waals surface area contributed by atoms with Crippen LogP contribution in [0.2, 0.25) is 0 Å². The van der Waals surface area contributed by atoms with E-state index >= 15 is 0 Å². The number of nitrogens with one attached hydrogen (secondary N) is 1. The van der Waals surface area contributed by atoms with E-state index in [4.69, 9.17) is 14.5 Å². The predicted octanol–water partition coefficient (Wildman–Crippen LogP) is 3.44. The Kier molecular flexibility index (Phi) is 5.49. The Bertz CT molecular complexity index is 777. The normalized spacial score (nSPS) is 13.5. The molecule has 0 fully saturated rings. The van der Waals surface area contributed by atoms with Gasteiger partial charge in [0, 0.05) is 30.9 Å². The number of aryl methyl sites for hydroxylation is 1. The molecule has 0 atom stereocenters. The molecule has 2 heterocycles. The molecule has 1 aliphatic rings. The number of fused-ring (bicyclic) bond motifs is 1. The highest BCUT2D eigenvalue weighted by atomic mass is 16.5. The van der Waals surface area contributed by atoms with Crippen LogP contribution in [0.3, 0.4) is 0 Å². The van der Waals surface area contributed by atoms with Crippen molar-refractivity contribution in [1.29, 1.82) is 0 Å². The molecule has 0 unspecified atom stereocenters. The molecule has 0 bridgehead atoms. The third kappa shape index (κ3) is 3.84. The molecule has 3 rings (SSSR count). The lowest BCUT2D eigenvalue weighted by Gasteiger charge is -2.31. The summed E-state index contributed by atoms with van der Waals surface area (Å²) in [5.41, 5.74) is 3.62. The van der Waals surface area contributed by atoms with Crippen LogP contribution in [0.5, 0.6) is 11.5 Å². The molecule has 2 aromatic rings. The second-order valence-corrected chi connectivity index (χ2v) is 6.84. The molecule has 1 N–H and O–H groups in total. The van der Waals surface area contributed by atoms with Gasteiger partial charge in [-0.25, -0.2) is 4.98 Å². The van der Waals surface area contributed by atoms with Crippen molar-refractivity contribution in [3.63, 3.8) is 0 Å². The van der Waals surface area contributed by atoms with E-state index in [1.807, 2.05) is 0 Å².